The molecule has 122 valence electrons. The molecule has 0 unspecified atom stereocenters. The van der Waals surface area contributed by atoms with Crippen molar-refractivity contribution in [3.05, 3.63) is 66.4 Å². The largest absolute Gasteiger partial charge is 0.334 e. The number of nitrogens with zero attached hydrogens (tertiary/aromatic N) is 4. The normalized spacial score (nSPS) is 10.4. The second kappa shape index (κ2) is 7.36. The average molecular weight is 322 g/mol. The van der Waals surface area contributed by atoms with Crippen LogP contribution in [0.2, 0.25) is 0 Å². The number of amides is 2. The molecule has 3 heterocycles. The fraction of sp³-hybridized carbons (Fsp3) is 0.176. The predicted molar refractivity (Wildman–Crippen MR) is 89.8 cm³/mol. The summed E-state index contributed by atoms with van der Waals surface area (Å²) in [5.74, 6) is 0. The molecule has 24 heavy (non-hydrogen) atoms. The molecule has 0 bridgehead atoms. The Labute approximate surface area is 139 Å². The summed E-state index contributed by atoms with van der Waals surface area (Å²) in [5.41, 5.74) is 3.68. The zero-order valence-electron chi connectivity index (χ0n) is 13.3. The van der Waals surface area contributed by atoms with E-state index in [2.05, 4.69) is 25.7 Å². The lowest BCUT2D eigenvalue weighted by atomic mass is 10.1. The molecule has 0 atom stereocenters. The highest BCUT2D eigenvalue weighted by Crippen LogP contribution is 2.19. The number of urea groups is 1. The van der Waals surface area contributed by atoms with Crippen molar-refractivity contribution in [2.24, 2.45) is 7.05 Å². The number of aromatic nitrogens is 4. The van der Waals surface area contributed by atoms with Crippen molar-refractivity contribution >= 4 is 6.03 Å². The Bertz CT molecular complexity index is 815. The molecule has 7 heteroatoms. The van der Waals surface area contributed by atoms with E-state index in [4.69, 9.17) is 0 Å². The highest BCUT2D eigenvalue weighted by atomic mass is 16.2. The number of aryl methyl sites for hydroxylation is 1. The molecule has 0 radical (unpaired) electrons. The van der Waals surface area contributed by atoms with Gasteiger partial charge in [0.05, 0.1) is 11.9 Å². The van der Waals surface area contributed by atoms with E-state index in [0.717, 1.165) is 22.4 Å². The van der Waals surface area contributed by atoms with E-state index in [1.54, 1.807) is 29.5 Å². The summed E-state index contributed by atoms with van der Waals surface area (Å²) in [6, 6.07) is 7.29. The van der Waals surface area contributed by atoms with Gasteiger partial charge in [-0.25, -0.2) is 4.79 Å². The predicted octanol–water partition coefficient (Wildman–Crippen LogP) is 1.88. The minimum atomic E-state index is -0.229. The summed E-state index contributed by atoms with van der Waals surface area (Å²) in [7, 11) is 1.86. The lowest BCUT2D eigenvalue weighted by Gasteiger charge is -2.10. The van der Waals surface area contributed by atoms with Crippen LogP contribution in [0.4, 0.5) is 4.79 Å². The first-order valence-corrected chi connectivity index (χ1v) is 7.56. The fourth-order valence-electron chi connectivity index (χ4n) is 2.31. The molecule has 2 N–H and O–H groups in total. The molecular weight excluding hydrogens is 304 g/mol. The minimum absolute atomic E-state index is 0.229. The molecule has 3 rings (SSSR count). The van der Waals surface area contributed by atoms with Gasteiger partial charge >= 0.3 is 6.03 Å². The lowest BCUT2D eigenvalue weighted by molar-refractivity contribution is 0.240. The van der Waals surface area contributed by atoms with Crippen LogP contribution >= 0.6 is 0 Å². The SMILES string of the molecule is Cn1cc(-c2ncccc2CNC(=O)NCc2ccncc2)cn1. The number of carbonyl (C=O) groups is 1. The van der Waals surface area contributed by atoms with Gasteiger partial charge in [0.1, 0.15) is 0 Å². The van der Waals surface area contributed by atoms with Crippen molar-refractivity contribution in [2.75, 3.05) is 0 Å². The molecule has 2 amide bonds. The van der Waals surface area contributed by atoms with Crippen LogP contribution in [0.3, 0.4) is 0 Å². The van der Waals surface area contributed by atoms with Gasteiger partial charge < -0.3 is 10.6 Å². The van der Waals surface area contributed by atoms with Gasteiger partial charge in [0.2, 0.25) is 0 Å². The Balaban J connectivity index is 1.59. The third-order valence-corrected chi connectivity index (χ3v) is 3.51. The first-order valence-electron chi connectivity index (χ1n) is 7.56. The van der Waals surface area contributed by atoms with Gasteiger partial charge in [-0.15, -0.1) is 0 Å². The zero-order chi connectivity index (χ0) is 16.8. The summed E-state index contributed by atoms with van der Waals surface area (Å²) in [6.45, 7) is 0.844. The van der Waals surface area contributed by atoms with Crippen LogP contribution < -0.4 is 10.6 Å². The van der Waals surface area contributed by atoms with E-state index in [0.29, 0.717) is 13.1 Å². The average Bonchev–Trinajstić information content (AvgIpc) is 3.05. The van der Waals surface area contributed by atoms with Crippen molar-refractivity contribution in [2.45, 2.75) is 13.1 Å². The molecule has 0 spiro atoms. The van der Waals surface area contributed by atoms with Crippen molar-refractivity contribution in [1.82, 2.24) is 30.4 Å². The van der Waals surface area contributed by atoms with Crippen LogP contribution in [0.1, 0.15) is 11.1 Å². The molecule has 0 saturated carbocycles. The van der Waals surface area contributed by atoms with Gasteiger partial charge in [-0.3, -0.25) is 14.6 Å². The molecule has 0 aromatic carbocycles. The maximum atomic E-state index is 12.0. The minimum Gasteiger partial charge on any atom is -0.334 e. The Morgan fingerprint density at radius 2 is 1.92 bits per heavy atom. The van der Waals surface area contributed by atoms with E-state index in [1.165, 1.54) is 0 Å². The third-order valence-electron chi connectivity index (χ3n) is 3.51. The fourth-order valence-corrected chi connectivity index (χ4v) is 2.31. The zero-order valence-corrected chi connectivity index (χ0v) is 13.3. The number of nitrogens with one attached hydrogen (secondary N) is 2. The van der Waals surface area contributed by atoms with Crippen LogP contribution in [0.25, 0.3) is 11.3 Å². The van der Waals surface area contributed by atoms with Gasteiger partial charge in [-0.2, -0.15) is 5.10 Å². The van der Waals surface area contributed by atoms with E-state index in [9.17, 15) is 4.79 Å². The summed E-state index contributed by atoms with van der Waals surface area (Å²) < 4.78 is 1.72. The van der Waals surface area contributed by atoms with Gasteiger partial charge in [-0.05, 0) is 29.3 Å². The topological polar surface area (TPSA) is 84.7 Å². The summed E-state index contributed by atoms with van der Waals surface area (Å²) in [4.78, 5) is 20.3. The standard InChI is InChI=1S/C17H18N6O/c1-23-12-15(11-22-23)16-14(3-2-6-19-16)10-21-17(24)20-9-13-4-7-18-8-5-13/h2-8,11-12H,9-10H2,1H3,(H2,20,21,24). The third kappa shape index (κ3) is 3.95. The van der Waals surface area contributed by atoms with Crippen LogP contribution in [0, 0.1) is 0 Å². The van der Waals surface area contributed by atoms with E-state index < -0.39 is 0 Å². The molecule has 0 saturated heterocycles. The lowest BCUT2D eigenvalue weighted by Crippen LogP contribution is -2.34. The van der Waals surface area contributed by atoms with E-state index >= 15 is 0 Å². The number of hydrogen-bond donors (Lipinski definition) is 2. The Morgan fingerprint density at radius 3 is 2.67 bits per heavy atom. The van der Waals surface area contributed by atoms with Crippen molar-refractivity contribution < 1.29 is 4.79 Å². The van der Waals surface area contributed by atoms with Crippen molar-refractivity contribution in [1.29, 1.82) is 0 Å². The first-order chi connectivity index (χ1) is 11.7. The maximum absolute atomic E-state index is 12.0. The van der Waals surface area contributed by atoms with Crippen LogP contribution in [0.5, 0.6) is 0 Å². The van der Waals surface area contributed by atoms with E-state index in [-0.39, 0.29) is 6.03 Å². The van der Waals surface area contributed by atoms with Crippen LogP contribution in [-0.4, -0.2) is 25.8 Å². The smallest absolute Gasteiger partial charge is 0.315 e. The summed E-state index contributed by atoms with van der Waals surface area (Å²) in [6.07, 6.45) is 8.79. The second-order valence-electron chi connectivity index (χ2n) is 5.31. The number of pyridine rings is 2. The van der Waals surface area contributed by atoms with E-state index in [1.807, 2.05) is 37.5 Å². The maximum Gasteiger partial charge on any atom is 0.315 e. The van der Waals surface area contributed by atoms with Gasteiger partial charge in [0.15, 0.2) is 0 Å². The van der Waals surface area contributed by atoms with Crippen LogP contribution in [-0.2, 0) is 20.1 Å². The van der Waals surface area contributed by atoms with Gasteiger partial charge in [0, 0.05) is 50.5 Å². The molecule has 0 aliphatic carbocycles. The number of carbonyl (C=O) groups excluding carboxylic acids is 1. The molecule has 7 nitrogen and oxygen atoms in total. The number of rotatable bonds is 5. The Hall–Kier alpha value is -3.22. The summed E-state index contributed by atoms with van der Waals surface area (Å²) in [5, 5.41) is 9.84. The Morgan fingerprint density at radius 1 is 1.12 bits per heavy atom. The molecule has 0 aliphatic heterocycles. The molecule has 3 aromatic heterocycles. The van der Waals surface area contributed by atoms with Gasteiger partial charge in [0.25, 0.3) is 0 Å². The van der Waals surface area contributed by atoms with Crippen molar-refractivity contribution in [3.63, 3.8) is 0 Å². The Kier molecular flexibility index (Phi) is 4.81. The molecule has 0 aliphatic rings. The summed E-state index contributed by atoms with van der Waals surface area (Å²) >= 11 is 0. The molecule has 3 aromatic rings. The quantitative estimate of drug-likeness (QED) is 0.751. The molecular formula is C17H18N6O. The number of hydrogen-bond acceptors (Lipinski definition) is 4. The van der Waals surface area contributed by atoms with Crippen molar-refractivity contribution in [3.8, 4) is 11.3 Å². The van der Waals surface area contributed by atoms with Gasteiger partial charge in [-0.1, -0.05) is 6.07 Å². The second-order valence-corrected chi connectivity index (χ2v) is 5.31. The first kappa shape index (κ1) is 15.7. The molecule has 0 fully saturated rings. The highest BCUT2D eigenvalue weighted by molar-refractivity contribution is 5.74. The monoisotopic (exact) mass is 322 g/mol. The highest BCUT2D eigenvalue weighted by Gasteiger charge is 2.09. The van der Waals surface area contributed by atoms with Crippen LogP contribution in [0.15, 0.2) is 55.2 Å².